The van der Waals surface area contributed by atoms with Crippen LogP contribution in [0, 0.1) is 13.8 Å². The van der Waals surface area contributed by atoms with Crippen molar-refractivity contribution < 1.29 is 14.6 Å². The third kappa shape index (κ3) is 4.05. The number of benzene rings is 1. The van der Waals surface area contributed by atoms with Gasteiger partial charge in [0.15, 0.2) is 5.11 Å². The summed E-state index contributed by atoms with van der Waals surface area (Å²) >= 11 is 5.67. The first-order chi connectivity index (χ1) is 15.4. The maximum Gasteiger partial charge on any atom is 0.307 e. The number of hydrogen-bond donors (Lipinski definition) is 2. The quantitative estimate of drug-likeness (QED) is 0.438. The highest BCUT2D eigenvalue weighted by Crippen LogP contribution is 2.41. The van der Waals surface area contributed by atoms with Crippen LogP contribution < -0.4 is 5.32 Å². The molecule has 1 aliphatic rings. The minimum atomic E-state index is -0.276. The molecular weight excluding hydrogens is 424 g/mol. The number of aromatic nitrogens is 2. The summed E-state index contributed by atoms with van der Waals surface area (Å²) in [7, 11) is 1.39. The minimum absolute atomic E-state index is 0.140. The van der Waals surface area contributed by atoms with Gasteiger partial charge < -0.3 is 24.6 Å². The Labute approximate surface area is 192 Å². The van der Waals surface area contributed by atoms with Gasteiger partial charge in [-0.2, -0.15) is 0 Å². The predicted molar refractivity (Wildman–Crippen MR) is 126 cm³/mol. The number of thiocarbonyl (C=S) groups is 1. The second-order valence-corrected chi connectivity index (χ2v) is 8.21. The van der Waals surface area contributed by atoms with E-state index in [1.165, 1.54) is 7.11 Å². The van der Waals surface area contributed by atoms with Crippen LogP contribution in [0.25, 0.3) is 5.69 Å². The standard InChI is InChI=1S/C24H26N4O3S/c1-15-14-19(16(2)28(15)17-7-9-18(29)10-8-17)23-22(20-6-4-5-12-25-20)26-24(32)27(23)13-11-21(30)31-3/h4-10,12,14,22-23,29H,11,13H2,1-3H3,(H,26,32)/t22-,23-/m1/s1. The molecule has 3 aromatic rings. The number of ether oxygens (including phenoxy) is 1. The van der Waals surface area contributed by atoms with Gasteiger partial charge in [-0.05, 0) is 74.1 Å². The summed E-state index contributed by atoms with van der Waals surface area (Å²) in [5, 5.41) is 13.7. The van der Waals surface area contributed by atoms with Crippen molar-refractivity contribution in [2.45, 2.75) is 32.4 Å². The molecule has 1 aliphatic heterocycles. The Morgan fingerprint density at radius 2 is 1.97 bits per heavy atom. The lowest BCUT2D eigenvalue weighted by molar-refractivity contribution is -0.140. The molecule has 1 fully saturated rings. The van der Waals surface area contributed by atoms with Crippen LogP contribution >= 0.6 is 12.2 Å². The van der Waals surface area contributed by atoms with E-state index >= 15 is 0 Å². The third-order valence-electron chi connectivity index (χ3n) is 5.88. The molecule has 166 valence electrons. The summed E-state index contributed by atoms with van der Waals surface area (Å²) in [6.07, 6.45) is 2.01. The lowest BCUT2D eigenvalue weighted by atomic mass is 9.96. The highest BCUT2D eigenvalue weighted by molar-refractivity contribution is 7.80. The predicted octanol–water partition coefficient (Wildman–Crippen LogP) is 3.73. The topological polar surface area (TPSA) is 79.6 Å². The average Bonchev–Trinajstić information content (AvgIpc) is 3.28. The fourth-order valence-corrected chi connectivity index (χ4v) is 4.72. The lowest BCUT2D eigenvalue weighted by Gasteiger charge is -2.28. The van der Waals surface area contributed by atoms with E-state index in [0.717, 1.165) is 28.3 Å². The van der Waals surface area contributed by atoms with Crippen LogP contribution in [0.4, 0.5) is 0 Å². The summed E-state index contributed by atoms with van der Waals surface area (Å²) in [5.41, 5.74) is 5.08. The molecule has 2 N–H and O–H groups in total. The maximum atomic E-state index is 11.9. The van der Waals surface area contributed by atoms with Gasteiger partial charge in [-0.15, -0.1) is 0 Å². The van der Waals surface area contributed by atoms with Gasteiger partial charge >= 0.3 is 5.97 Å². The highest BCUT2D eigenvalue weighted by Gasteiger charge is 2.41. The Balaban J connectivity index is 1.78. The summed E-state index contributed by atoms with van der Waals surface area (Å²) in [5.74, 6) is -0.0478. The molecule has 32 heavy (non-hydrogen) atoms. The van der Waals surface area contributed by atoms with Gasteiger partial charge in [0.1, 0.15) is 5.75 Å². The molecule has 1 aromatic carbocycles. The van der Waals surface area contributed by atoms with Crippen molar-refractivity contribution in [1.29, 1.82) is 0 Å². The second kappa shape index (κ2) is 9.00. The van der Waals surface area contributed by atoms with Gasteiger partial charge in [0.25, 0.3) is 0 Å². The minimum Gasteiger partial charge on any atom is -0.508 e. The number of phenolic OH excluding ortho intramolecular Hbond substituents is 1. The number of carbonyl (C=O) groups is 1. The zero-order chi connectivity index (χ0) is 22.8. The zero-order valence-corrected chi connectivity index (χ0v) is 19.1. The van der Waals surface area contributed by atoms with Crippen LogP contribution in [0.5, 0.6) is 5.75 Å². The number of pyridine rings is 1. The molecule has 1 saturated heterocycles. The van der Waals surface area contributed by atoms with Crippen molar-refractivity contribution in [3.05, 3.63) is 77.4 Å². The van der Waals surface area contributed by atoms with E-state index in [4.69, 9.17) is 17.0 Å². The third-order valence-corrected chi connectivity index (χ3v) is 6.23. The summed E-state index contributed by atoms with van der Waals surface area (Å²) < 4.78 is 7.00. The molecular formula is C24H26N4O3S. The number of rotatable bonds is 6. The molecule has 2 atom stereocenters. The molecule has 0 saturated carbocycles. The molecule has 7 nitrogen and oxygen atoms in total. The number of nitrogens with one attached hydrogen (secondary N) is 1. The van der Waals surface area contributed by atoms with Crippen molar-refractivity contribution in [3.63, 3.8) is 0 Å². The number of phenols is 1. The average molecular weight is 451 g/mol. The van der Waals surface area contributed by atoms with Gasteiger partial charge in [0, 0.05) is 29.8 Å². The lowest BCUT2D eigenvalue weighted by Crippen LogP contribution is -2.32. The first kappa shape index (κ1) is 21.8. The van der Waals surface area contributed by atoms with E-state index in [9.17, 15) is 9.90 Å². The molecule has 0 spiro atoms. The van der Waals surface area contributed by atoms with E-state index in [0.29, 0.717) is 11.7 Å². The van der Waals surface area contributed by atoms with E-state index < -0.39 is 0 Å². The molecule has 3 heterocycles. The van der Waals surface area contributed by atoms with Crippen LogP contribution in [0.1, 0.15) is 41.1 Å². The number of methoxy groups -OCH3 is 1. The van der Waals surface area contributed by atoms with E-state index in [1.54, 1.807) is 18.3 Å². The van der Waals surface area contributed by atoms with Crippen molar-refractivity contribution >= 4 is 23.3 Å². The monoisotopic (exact) mass is 450 g/mol. The summed E-state index contributed by atoms with van der Waals surface area (Å²) in [4.78, 5) is 18.5. The van der Waals surface area contributed by atoms with Gasteiger partial charge in [-0.25, -0.2) is 0 Å². The Morgan fingerprint density at radius 3 is 2.62 bits per heavy atom. The highest BCUT2D eigenvalue weighted by atomic mass is 32.1. The van der Waals surface area contributed by atoms with Crippen molar-refractivity contribution in [2.75, 3.05) is 13.7 Å². The molecule has 0 bridgehead atoms. The largest absolute Gasteiger partial charge is 0.508 e. The Bertz CT molecular complexity index is 1130. The van der Waals surface area contributed by atoms with Crippen LogP contribution in [-0.2, 0) is 9.53 Å². The van der Waals surface area contributed by atoms with Crippen molar-refractivity contribution in [1.82, 2.24) is 19.8 Å². The summed E-state index contributed by atoms with van der Waals surface area (Å²) in [6.45, 7) is 4.57. The van der Waals surface area contributed by atoms with Crippen LogP contribution in [0.15, 0.2) is 54.7 Å². The Kier molecular flexibility index (Phi) is 6.14. The smallest absolute Gasteiger partial charge is 0.307 e. The molecule has 8 heteroatoms. The normalized spacial score (nSPS) is 18.0. The van der Waals surface area contributed by atoms with Gasteiger partial charge in [-0.3, -0.25) is 9.78 Å². The molecule has 4 rings (SSSR count). The van der Waals surface area contributed by atoms with Gasteiger partial charge in [0.2, 0.25) is 0 Å². The summed E-state index contributed by atoms with van der Waals surface area (Å²) in [6, 6.07) is 14.8. The molecule has 0 amide bonds. The van der Waals surface area contributed by atoms with Crippen molar-refractivity contribution in [2.24, 2.45) is 0 Å². The molecule has 0 radical (unpaired) electrons. The molecule has 2 aromatic heterocycles. The number of carbonyl (C=O) groups excluding carboxylic acids is 1. The first-order valence-electron chi connectivity index (χ1n) is 10.4. The second-order valence-electron chi connectivity index (χ2n) is 7.82. The number of esters is 1. The fraction of sp³-hybridized carbons (Fsp3) is 0.292. The van der Waals surface area contributed by atoms with Gasteiger partial charge in [-0.1, -0.05) is 6.07 Å². The zero-order valence-electron chi connectivity index (χ0n) is 18.3. The number of nitrogens with zero attached hydrogens (tertiary/aromatic N) is 3. The maximum absolute atomic E-state index is 11.9. The van der Waals surface area contributed by atoms with E-state index in [1.807, 2.05) is 30.3 Å². The molecule has 0 unspecified atom stereocenters. The van der Waals surface area contributed by atoms with Crippen LogP contribution in [-0.4, -0.2) is 44.3 Å². The van der Waals surface area contributed by atoms with E-state index in [-0.39, 0.29) is 30.2 Å². The SMILES string of the molecule is COC(=O)CCN1C(=S)N[C@H](c2ccccn2)[C@H]1c1cc(C)n(-c2ccc(O)cc2)c1C. The number of aryl methyl sites for hydroxylation is 1. The molecule has 0 aliphatic carbocycles. The van der Waals surface area contributed by atoms with Crippen molar-refractivity contribution in [3.8, 4) is 11.4 Å². The Morgan fingerprint density at radius 1 is 1.22 bits per heavy atom. The number of hydrogen-bond acceptors (Lipinski definition) is 5. The first-order valence-corrected chi connectivity index (χ1v) is 10.8. The fourth-order valence-electron chi connectivity index (χ4n) is 4.38. The van der Waals surface area contributed by atoms with E-state index in [2.05, 4.69) is 39.7 Å². The van der Waals surface area contributed by atoms with Crippen LogP contribution in [0.2, 0.25) is 0 Å². The van der Waals surface area contributed by atoms with Crippen LogP contribution in [0.3, 0.4) is 0 Å². The van der Waals surface area contributed by atoms with Gasteiger partial charge in [0.05, 0.1) is 31.3 Å². The number of aromatic hydroxyl groups is 1. The Hall–Kier alpha value is -3.39.